The minimum Gasteiger partial charge on any atom is -0.319 e. The quantitative estimate of drug-likeness (QED) is 0.639. The maximum absolute atomic E-state index is 14.3. The predicted molar refractivity (Wildman–Crippen MR) is 116 cm³/mol. The van der Waals surface area contributed by atoms with E-state index in [2.05, 4.69) is 9.98 Å². The predicted octanol–water partition coefficient (Wildman–Crippen LogP) is 4.53. The van der Waals surface area contributed by atoms with Crippen LogP contribution in [0.5, 0.6) is 0 Å². The van der Waals surface area contributed by atoms with Crippen LogP contribution in [-0.4, -0.2) is 27.7 Å². The molecule has 1 aliphatic heterocycles. The number of aromatic nitrogens is 1. The van der Waals surface area contributed by atoms with Gasteiger partial charge in [-0.05, 0) is 42.8 Å². The maximum Gasteiger partial charge on any atom is 0.248 e. The van der Waals surface area contributed by atoms with Gasteiger partial charge in [-0.1, -0.05) is 29.4 Å². The van der Waals surface area contributed by atoms with Crippen LogP contribution in [0.3, 0.4) is 0 Å². The SMILES string of the molecule is CC1N=CSC1C(=O)N(Cc1cc(=O)[nH]c2c(F)c(F)ccc12)c1cccc(Cl)c1. The molecule has 4 rings (SSSR count). The first-order valence-corrected chi connectivity index (χ1v) is 10.4. The zero-order valence-electron chi connectivity index (χ0n) is 15.7. The van der Waals surface area contributed by atoms with Crippen LogP contribution < -0.4 is 10.5 Å². The highest BCUT2D eigenvalue weighted by Crippen LogP contribution is 2.30. The van der Waals surface area contributed by atoms with E-state index in [-0.39, 0.29) is 24.0 Å². The molecule has 30 heavy (non-hydrogen) atoms. The highest BCUT2D eigenvalue weighted by Gasteiger charge is 2.33. The lowest BCUT2D eigenvalue weighted by molar-refractivity contribution is -0.118. The lowest BCUT2D eigenvalue weighted by Crippen LogP contribution is -2.40. The van der Waals surface area contributed by atoms with Crippen LogP contribution in [0.1, 0.15) is 12.5 Å². The monoisotopic (exact) mass is 447 g/mol. The van der Waals surface area contributed by atoms with Crippen molar-refractivity contribution < 1.29 is 13.6 Å². The number of carbonyl (C=O) groups excluding carboxylic acids is 1. The molecular formula is C21H16ClF2N3O2S. The zero-order chi connectivity index (χ0) is 21.4. The Bertz CT molecular complexity index is 1230. The second-order valence-corrected chi connectivity index (χ2v) is 8.33. The molecule has 2 aromatic carbocycles. The molecular weight excluding hydrogens is 432 g/mol. The summed E-state index contributed by atoms with van der Waals surface area (Å²) >= 11 is 7.44. The Morgan fingerprint density at radius 1 is 1.27 bits per heavy atom. The molecule has 0 aliphatic carbocycles. The van der Waals surface area contributed by atoms with E-state index in [1.165, 1.54) is 28.8 Å². The molecule has 2 heterocycles. The van der Waals surface area contributed by atoms with Gasteiger partial charge in [0.25, 0.3) is 0 Å². The number of hydrogen-bond donors (Lipinski definition) is 1. The van der Waals surface area contributed by atoms with Crippen molar-refractivity contribution in [2.24, 2.45) is 4.99 Å². The molecule has 1 aromatic heterocycles. The largest absolute Gasteiger partial charge is 0.319 e. The molecule has 0 radical (unpaired) electrons. The third-order valence-corrected chi connectivity index (χ3v) is 6.26. The number of carbonyl (C=O) groups is 1. The molecule has 9 heteroatoms. The van der Waals surface area contributed by atoms with Crippen LogP contribution in [0.25, 0.3) is 10.9 Å². The van der Waals surface area contributed by atoms with Gasteiger partial charge in [0.15, 0.2) is 11.6 Å². The maximum atomic E-state index is 14.3. The average molecular weight is 448 g/mol. The molecule has 0 fully saturated rings. The number of pyridine rings is 1. The Morgan fingerprint density at radius 3 is 2.77 bits per heavy atom. The van der Waals surface area contributed by atoms with Crippen molar-refractivity contribution >= 4 is 51.4 Å². The Morgan fingerprint density at radius 2 is 2.07 bits per heavy atom. The number of rotatable bonds is 4. The van der Waals surface area contributed by atoms with E-state index in [4.69, 9.17) is 11.6 Å². The van der Waals surface area contributed by atoms with Gasteiger partial charge in [-0.25, -0.2) is 8.78 Å². The van der Waals surface area contributed by atoms with Crippen LogP contribution in [-0.2, 0) is 11.3 Å². The van der Waals surface area contributed by atoms with E-state index >= 15 is 0 Å². The third kappa shape index (κ3) is 3.85. The normalized spacial score (nSPS) is 18.1. The molecule has 154 valence electrons. The number of hydrogen-bond acceptors (Lipinski definition) is 4. The summed E-state index contributed by atoms with van der Waals surface area (Å²) in [5, 5.41) is 0.320. The summed E-state index contributed by atoms with van der Waals surface area (Å²) in [5.74, 6) is -2.42. The van der Waals surface area contributed by atoms with Gasteiger partial charge in [0.1, 0.15) is 5.25 Å². The van der Waals surface area contributed by atoms with Crippen LogP contribution in [0.2, 0.25) is 5.02 Å². The van der Waals surface area contributed by atoms with Crippen molar-refractivity contribution in [3.05, 3.63) is 75.0 Å². The molecule has 1 N–H and O–H groups in total. The summed E-state index contributed by atoms with van der Waals surface area (Å²) < 4.78 is 27.9. The standard InChI is InChI=1S/C21H16ClF2N3O2S/c1-11-20(30-10-25-11)21(29)27(14-4-2-3-13(22)8-14)9-12-7-17(28)26-19-15(12)5-6-16(23)18(19)24/h2-8,10-11,20H,9H2,1H3,(H,26,28). The highest BCUT2D eigenvalue weighted by atomic mass is 35.5. The molecule has 0 saturated heterocycles. The summed E-state index contributed by atoms with van der Waals surface area (Å²) in [7, 11) is 0. The van der Waals surface area contributed by atoms with Crippen molar-refractivity contribution in [3.8, 4) is 0 Å². The number of fused-ring (bicyclic) bond motifs is 1. The van der Waals surface area contributed by atoms with Gasteiger partial charge in [-0.2, -0.15) is 0 Å². The number of benzene rings is 2. The molecule has 0 bridgehead atoms. The van der Waals surface area contributed by atoms with Crippen molar-refractivity contribution in [2.75, 3.05) is 4.90 Å². The van der Waals surface area contributed by atoms with Crippen molar-refractivity contribution in [3.63, 3.8) is 0 Å². The molecule has 2 atom stereocenters. The second-order valence-electron chi connectivity index (χ2n) is 6.90. The molecule has 1 amide bonds. The van der Waals surface area contributed by atoms with E-state index in [0.717, 1.165) is 6.07 Å². The van der Waals surface area contributed by atoms with Gasteiger partial charge < -0.3 is 9.88 Å². The molecule has 2 unspecified atom stereocenters. The molecule has 0 saturated carbocycles. The van der Waals surface area contributed by atoms with Gasteiger partial charge in [0.2, 0.25) is 11.5 Å². The lowest BCUT2D eigenvalue weighted by Gasteiger charge is -2.27. The van der Waals surface area contributed by atoms with Crippen LogP contribution >= 0.6 is 23.4 Å². The Hall–Kier alpha value is -2.71. The second kappa shape index (κ2) is 8.20. The fourth-order valence-electron chi connectivity index (χ4n) is 3.38. The van der Waals surface area contributed by atoms with Crippen molar-refractivity contribution in [1.82, 2.24) is 4.98 Å². The average Bonchev–Trinajstić information content (AvgIpc) is 3.14. The highest BCUT2D eigenvalue weighted by molar-refractivity contribution is 8.13. The number of halogens is 3. The van der Waals surface area contributed by atoms with Gasteiger partial charge in [-0.3, -0.25) is 14.6 Å². The molecule has 1 aliphatic rings. The summed E-state index contributed by atoms with van der Waals surface area (Å²) in [6, 6.07) is 10.2. The summed E-state index contributed by atoms with van der Waals surface area (Å²) in [5.41, 5.74) is 1.74. The smallest absolute Gasteiger partial charge is 0.248 e. The third-order valence-electron chi connectivity index (χ3n) is 4.89. The van der Waals surface area contributed by atoms with E-state index in [0.29, 0.717) is 21.7 Å². The molecule has 5 nitrogen and oxygen atoms in total. The topological polar surface area (TPSA) is 65.5 Å². The number of nitrogens with one attached hydrogen (secondary N) is 1. The first kappa shape index (κ1) is 20.6. The summed E-state index contributed by atoms with van der Waals surface area (Å²) in [6.45, 7) is 1.82. The molecule has 3 aromatic rings. The first-order chi connectivity index (χ1) is 14.3. The number of amides is 1. The number of aliphatic imine (C=N–C) groups is 1. The van der Waals surface area contributed by atoms with E-state index in [1.54, 1.807) is 29.8 Å². The fraction of sp³-hybridized carbons (Fsp3) is 0.190. The minimum atomic E-state index is -1.14. The lowest BCUT2D eigenvalue weighted by atomic mass is 10.1. The summed E-state index contributed by atoms with van der Waals surface area (Å²) in [6.07, 6.45) is 0. The first-order valence-electron chi connectivity index (χ1n) is 9.09. The number of H-pyrrole nitrogens is 1. The number of nitrogens with zero attached hydrogens (tertiary/aromatic N) is 2. The van der Waals surface area contributed by atoms with Crippen LogP contribution in [0, 0.1) is 11.6 Å². The number of thioether (sulfide) groups is 1. The molecule has 0 spiro atoms. The number of anilines is 1. The summed E-state index contributed by atoms with van der Waals surface area (Å²) in [4.78, 5) is 33.6. The van der Waals surface area contributed by atoms with Gasteiger partial charge >= 0.3 is 0 Å². The van der Waals surface area contributed by atoms with E-state index in [1.807, 2.05) is 6.92 Å². The Kier molecular flexibility index (Phi) is 5.62. The van der Waals surface area contributed by atoms with Gasteiger partial charge in [-0.15, -0.1) is 0 Å². The van der Waals surface area contributed by atoms with Gasteiger partial charge in [0.05, 0.1) is 23.6 Å². The van der Waals surface area contributed by atoms with Crippen LogP contribution in [0.15, 0.2) is 52.3 Å². The van der Waals surface area contributed by atoms with Crippen molar-refractivity contribution in [2.45, 2.75) is 24.8 Å². The van der Waals surface area contributed by atoms with Gasteiger partial charge in [0, 0.05) is 22.2 Å². The van der Waals surface area contributed by atoms with Crippen molar-refractivity contribution in [1.29, 1.82) is 0 Å². The Labute approximate surface area is 179 Å². The van der Waals surface area contributed by atoms with E-state index in [9.17, 15) is 18.4 Å². The Balaban J connectivity index is 1.82. The van der Waals surface area contributed by atoms with E-state index < -0.39 is 22.4 Å². The number of aromatic amines is 1. The fourth-order valence-corrected chi connectivity index (χ4v) is 4.50. The zero-order valence-corrected chi connectivity index (χ0v) is 17.3. The minimum absolute atomic E-state index is 0.0194. The van der Waals surface area contributed by atoms with Crippen LogP contribution in [0.4, 0.5) is 14.5 Å².